The monoisotopic (exact) mass is 488 g/mol. The molecule has 2 aromatic rings. The molecule has 1 aromatic heterocycles. The Labute approximate surface area is 201 Å². The molecule has 0 radical (unpaired) electrons. The summed E-state index contributed by atoms with van der Waals surface area (Å²) in [6.07, 6.45) is 1.84. The number of imide groups is 1. The van der Waals surface area contributed by atoms with Crippen molar-refractivity contribution in [2.75, 3.05) is 20.2 Å². The molecule has 0 unspecified atom stereocenters. The second kappa shape index (κ2) is 11.0. The molecule has 4 amide bonds. The van der Waals surface area contributed by atoms with Crippen molar-refractivity contribution < 1.29 is 29.0 Å². The lowest BCUT2D eigenvalue weighted by molar-refractivity contribution is -0.133. The topological polar surface area (TPSA) is 138 Å². The zero-order valence-electron chi connectivity index (χ0n) is 18.7. The second-order valence-electron chi connectivity index (χ2n) is 7.77. The van der Waals surface area contributed by atoms with Crippen molar-refractivity contribution >= 4 is 35.4 Å². The Kier molecular flexibility index (Phi) is 8.06. The van der Waals surface area contributed by atoms with E-state index >= 15 is 0 Å². The van der Waals surface area contributed by atoms with Gasteiger partial charge in [-0.1, -0.05) is 18.5 Å². The summed E-state index contributed by atoms with van der Waals surface area (Å²) in [7, 11) is 1.51. The summed E-state index contributed by atoms with van der Waals surface area (Å²) in [5.41, 5.74) is 1.13. The molecule has 11 heteroatoms. The van der Waals surface area contributed by atoms with Gasteiger partial charge < -0.3 is 20.5 Å². The number of pyridine rings is 1. The fourth-order valence-corrected chi connectivity index (χ4v) is 3.87. The number of nitrogens with one attached hydrogen (secondary N) is 2. The van der Waals surface area contributed by atoms with Crippen molar-refractivity contribution in [2.45, 2.75) is 25.8 Å². The number of rotatable bonds is 7. The van der Waals surface area contributed by atoms with Crippen LogP contribution in [0.3, 0.4) is 0 Å². The molecule has 34 heavy (non-hydrogen) atoms. The number of carbonyl (C=O) groups excluding carboxylic acids is 3. The highest BCUT2D eigenvalue weighted by molar-refractivity contribution is 6.30. The number of benzene rings is 1. The van der Waals surface area contributed by atoms with E-state index in [0.717, 1.165) is 4.90 Å². The third-order valence-corrected chi connectivity index (χ3v) is 5.75. The summed E-state index contributed by atoms with van der Waals surface area (Å²) >= 11 is 6.10. The number of methoxy groups -OCH3 is 1. The van der Waals surface area contributed by atoms with Gasteiger partial charge in [-0.3, -0.25) is 19.5 Å². The molecule has 3 N–H and O–H groups in total. The third-order valence-electron chi connectivity index (χ3n) is 5.51. The zero-order valence-corrected chi connectivity index (χ0v) is 19.5. The van der Waals surface area contributed by atoms with Crippen molar-refractivity contribution in [2.24, 2.45) is 5.92 Å². The van der Waals surface area contributed by atoms with Gasteiger partial charge >= 0.3 is 12.0 Å². The van der Waals surface area contributed by atoms with Crippen LogP contribution in [0.1, 0.15) is 41.0 Å². The van der Waals surface area contributed by atoms with Gasteiger partial charge in [0.05, 0.1) is 30.3 Å². The number of carbonyl (C=O) groups is 4. The van der Waals surface area contributed by atoms with Crippen molar-refractivity contribution in [1.29, 1.82) is 0 Å². The van der Waals surface area contributed by atoms with Crippen molar-refractivity contribution in [3.8, 4) is 5.75 Å². The van der Waals surface area contributed by atoms with E-state index in [1.807, 2.05) is 6.92 Å². The molecule has 0 aliphatic carbocycles. The van der Waals surface area contributed by atoms with E-state index in [9.17, 15) is 19.2 Å². The van der Waals surface area contributed by atoms with Crippen LogP contribution in [0, 0.1) is 5.92 Å². The first-order valence-electron chi connectivity index (χ1n) is 10.6. The molecule has 0 spiro atoms. The number of hydrogen-bond acceptors (Lipinski definition) is 6. The lowest BCUT2D eigenvalue weighted by Gasteiger charge is -2.25. The molecule has 1 saturated heterocycles. The van der Waals surface area contributed by atoms with Gasteiger partial charge in [-0.25, -0.2) is 9.59 Å². The number of nitrogens with zero attached hydrogens (tertiary/aromatic N) is 2. The van der Waals surface area contributed by atoms with Gasteiger partial charge in [0.2, 0.25) is 11.8 Å². The quantitative estimate of drug-likeness (QED) is 0.544. The summed E-state index contributed by atoms with van der Waals surface area (Å²) in [6.45, 7) is 1.45. The number of ether oxygens (including phenoxy) is 1. The van der Waals surface area contributed by atoms with Crippen LogP contribution in [-0.4, -0.2) is 59.0 Å². The zero-order chi connectivity index (χ0) is 24.8. The Morgan fingerprint density at radius 1 is 1.32 bits per heavy atom. The normalized spacial score (nSPS) is 16.9. The van der Waals surface area contributed by atoms with Gasteiger partial charge in [0.25, 0.3) is 0 Å². The van der Waals surface area contributed by atoms with Crippen LogP contribution < -0.4 is 15.4 Å². The number of aromatic nitrogens is 1. The van der Waals surface area contributed by atoms with E-state index in [4.69, 9.17) is 21.4 Å². The maximum absolute atomic E-state index is 13.3. The summed E-state index contributed by atoms with van der Waals surface area (Å²) < 4.78 is 5.35. The van der Waals surface area contributed by atoms with E-state index in [1.165, 1.54) is 25.4 Å². The number of hydrogen-bond donors (Lipinski definition) is 3. The Balaban J connectivity index is 1.79. The molecule has 2 heterocycles. The number of carboxylic acids is 1. The predicted octanol–water partition coefficient (Wildman–Crippen LogP) is 2.42. The van der Waals surface area contributed by atoms with E-state index in [1.54, 1.807) is 18.2 Å². The minimum atomic E-state index is -1.11. The average Bonchev–Trinajstić information content (AvgIpc) is 2.96. The van der Waals surface area contributed by atoms with Crippen LogP contribution in [-0.2, 0) is 16.0 Å². The smallest absolute Gasteiger partial charge is 0.337 e. The van der Waals surface area contributed by atoms with Gasteiger partial charge in [-0.05, 0) is 48.7 Å². The number of carboxylic acid groups (broad SMARTS) is 1. The Bertz CT molecular complexity index is 1090. The average molecular weight is 489 g/mol. The van der Waals surface area contributed by atoms with Crippen LogP contribution in [0.15, 0.2) is 36.5 Å². The molecular weight excluding hydrogens is 464 g/mol. The number of aromatic carboxylic acids is 1. The highest BCUT2D eigenvalue weighted by atomic mass is 35.5. The lowest BCUT2D eigenvalue weighted by Crippen LogP contribution is -2.48. The summed E-state index contributed by atoms with van der Waals surface area (Å²) in [5.74, 6) is -2.24. The number of amides is 4. The van der Waals surface area contributed by atoms with Crippen molar-refractivity contribution in [1.82, 2.24) is 20.5 Å². The summed E-state index contributed by atoms with van der Waals surface area (Å²) in [6, 6.07) is 6.62. The molecule has 1 aliphatic rings. The third kappa shape index (κ3) is 5.82. The lowest BCUT2D eigenvalue weighted by atomic mass is 9.97. The number of urea groups is 1. The van der Waals surface area contributed by atoms with E-state index in [-0.39, 0.29) is 18.5 Å². The minimum Gasteiger partial charge on any atom is -0.496 e. The number of halogens is 1. The minimum absolute atomic E-state index is 0.0172. The maximum atomic E-state index is 13.3. The Morgan fingerprint density at radius 3 is 2.71 bits per heavy atom. The van der Waals surface area contributed by atoms with E-state index < -0.39 is 42.3 Å². The largest absolute Gasteiger partial charge is 0.496 e. The molecule has 10 nitrogen and oxygen atoms in total. The fourth-order valence-electron chi connectivity index (χ4n) is 3.68. The Morgan fingerprint density at radius 2 is 2.09 bits per heavy atom. The van der Waals surface area contributed by atoms with Gasteiger partial charge in [0.1, 0.15) is 12.3 Å². The highest BCUT2D eigenvalue weighted by Gasteiger charge is 2.35. The molecule has 0 bridgehead atoms. The van der Waals surface area contributed by atoms with Crippen LogP contribution >= 0.6 is 11.6 Å². The Hall–Kier alpha value is -3.66. The van der Waals surface area contributed by atoms with Gasteiger partial charge in [0, 0.05) is 17.8 Å². The molecule has 0 saturated carbocycles. The molecule has 1 fully saturated rings. The highest BCUT2D eigenvalue weighted by Crippen LogP contribution is 2.26. The van der Waals surface area contributed by atoms with Gasteiger partial charge in [0.15, 0.2) is 0 Å². The van der Waals surface area contributed by atoms with Crippen molar-refractivity contribution in [3.05, 3.63) is 58.4 Å². The van der Waals surface area contributed by atoms with Crippen LogP contribution in [0.25, 0.3) is 0 Å². The molecule has 1 aliphatic heterocycles. The molecular formula is C23H25ClN4O6. The van der Waals surface area contributed by atoms with Gasteiger partial charge in [-0.2, -0.15) is 0 Å². The summed E-state index contributed by atoms with van der Waals surface area (Å²) in [4.78, 5) is 54.6. The first-order valence-corrected chi connectivity index (χ1v) is 11.0. The second-order valence-corrected chi connectivity index (χ2v) is 8.21. The van der Waals surface area contributed by atoms with Crippen LogP contribution in [0.5, 0.6) is 5.75 Å². The first kappa shape index (κ1) is 25.0. The standard InChI is InChI=1S/C23H25ClN4O6/c1-3-17(18-6-4-13(10-25-18)22(31)32)27-23(33)28-12-20(29)26-11-15(21(28)30)8-14-9-16(24)5-7-19(14)34-2/h4-7,9-10,15,17H,3,8,11-12H2,1-2H3,(H,26,29)(H,27,33)(H,31,32)/t15-,17-/m1/s1. The molecule has 180 valence electrons. The molecule has 3 rings (SSSR count). The van der Waals surface area contributed by atoms with Crippen LogP contribution in [0.2, 0.25) is 5.02 Å². The first-order chi connectivity index (χ1) is 16.2. The van der Waals surface area contributed by atoms with Gasteiger partial charge in [-0.15, -0.1) is 0 Å². The fraction of sp³-hybridized carbons (Fsp3) is 0.348. The SMILES string of the molecule is CC[C@@H](NC(=O)N1CC(=O)NC[C@@H](Cc2cc(Cl)ccc2OC)C1=O)c1ccc(C(=O)O)cn1. The van der Waals surface area contributed by atoms with Crippen LogP contribution in [0.4, 0.5) is 4.79 Å². The van der Waals surface area contributed by atoms with E-state index in [2.05, 4.69) is 15.6 Å². The predicted molar refractivity (Wildman–Crippen MR) is 123 cm³/mol. The molecule has 2 atom stereocenters. The maximum Gasteiger partial charge on any atom is 0.337 e. The van der Waals surface area contributed by atoms with Crippen molar-refractivity contribution in [3.63, 3.8) is 0 Å². The molecule has 1 aromatic carbocycles. The van der Waals surface area contributed by atoms with E-state index in [0.29, 0.717) is 28.5 Å². The summed E-state index contributed by atoms with van der Waals surface area (Å²) in [5, 5.41) is 14.9.